The molecule has 0 unspecified atom stereocenters. The summed E-state index contributed by atoms with van der Waals surface area (Å²) in [6, 6.07) is 14.4. The monoisotopic (exact) mass is 389 g/mol. The summed E-state index contributed by atoms with van der Waals surface area (Å²) in [7, 11) is 1.57. The lowest BCUT2D eigenvalue weighted by Crippen LogP contribution is -2.27. The van der Waals surface area contributed by atoms with E-state index < -0.39 is 0 Å². The second kappa shape index (κ2) is 6.60. The number of halogens is 1. The number of benzene rings is 2. The van der Waals surface area contributed by atoms with Crippen molar-refractivity contribution >= 4 is 50.6 Å². The van der Waals surface area contributed by atoms with E-state index in [4.69, 9.17) is 4.74 Å². The molecule has 0 saturated carbocycles. The summed E-state index contributed by atoms with van der Waals surface area (Å²) in [6.45, 7) is 0. The first kappa shape index (κ1) is 15.8. The molecule has 3 rings (SSSR count). The van der Waals surface area contributed by atoms with Gasteiger partial charge >= 0.3 is 0 Å². The number of carbonyl (C=O) groups is 2. The Morgan fingerprint density at radius 1 is 1.04 bits per heavy atom. The molecule has 0 radical (unpaired) electrons. The van der Waals surface area contributed by atoms with Crippen molar-refractivity contribution < 1.29 is 14.3 Å². The van der Waals surface area contributed by atoms with Gasteiger partial charge in [0.05, 0.1) is 17.7 Å². The fourth-order valence-corrected chi connectivity index (χ4v) is 3.24. The summed E-state index contributed by atoms with van der Waals surface area (Å²) < 4.78 is 6.05. The van der Waals surface area contributed by atoms with Crippen molar-refractivity contribution in [3.63, 3.8) is 0 Å². The minimum Gasteiger partial charge on any atom is -0.497 e. The molecule has 0 spiro atoms. The highest BCUT2D eigenvalue weighted by molar-refractivity contribution is 9.10. The molecule has 0 aliphatic carbocycles. The maximum atomic E-state index is 12.5. The Balaban J connectivity index is 1.88. The quantitative estimate of drug-likeness (QED) is 0.713. The van der Waals surface area contributed by atoms with Crippen LogP contribution in [0.15, 0.2) is 57.9 Å². The highest BCUT2D eigenvalue weighted by Gasteiger charge is 2.36. The van der Waals surface area contributed by atoms with E-state index in [0.29, 0.717) is 16.3 Å². The van der Waals surface area contributed by atoms with Gasteiger partial charge in [-0.2, -0.15) is 0 Å². The van der Waals surface area contributed by atoms with Crippen LogP contribution in [0.2, 0.25) is 0 Å². The number of hydrogen-bond acceptors (Lipinski definition) is 4. The zero-order valence-corrected chi connectivity index (χ0v) is 14.6. The molecule has 2 aromatic rings. The summed E-state index contributed by atoms with van der Waals surface area (Å²) in [5.74, 6) is 0.360. The first-order chi connectivity index (χ1) is 11.1. The van der Waals surface area contributed by atoms with Gasteiger partial charge in [0.2, 0.25) is 0 Å². The minimum atomic E-state index is -0.312. The number of carbonyl (C=O) groups excluding carboxylic acids is 2. The molecule has 2 amide bonds. The summed E-state index contributed by atoms with van der Waals surface area (Å²) in [4.78, 5) is 26.3. The Kier molecular flexibility index (Phi) is 4.54. The minimum absolute atomic E-state index is 0.302. The lowest BCUT2D eigenvalue weighted by molar-refractivity contribution is -0.113. The van der Waals surface area contributed by atoms with E-state index in [1.54, 1.807) is 37.5 Å². The molecule has 6 heteroatoms. The SMILES string of the molecule is COc1ccc(N2C(=O)S/C(=C\c3ccc(Br)cc3)C2=O)cc1. The van der Waals surface area contributed by atoms with E-state index in [1.165, 1.54) is 4.90 Å². The summed E-state index contributed by atoms with van der Waals surface area (Å²) >= 11 is 4.31. The molecule has 0 atom stereocenters. The van der Waals surface area contributed by atoms with Crippen LogP contribution in [0.1, 0.15) is 5.56 Å². The second-order valence-corrected chi connectivity index (χ2v) is 6.68. The molecule has 4 nitrogen and oxygen atoms in total. The Morgan fingerprint density at radius 3 is 2.30 bits per heavy atom. The Hall–Kier alpha value is -2.05. The molecule has 1 heterocycles. The van der Waals surface area contributed by atoms with Gasteiger partial charge in [-0.3, -0.25) is 9.59 Å². The number of amides is 2. The lowest BCUT2D eigenvalue weighted by Gasteiger charge is -2.12. The van der Waals surface area contributed by atoms with Crippen molar-refractivity contribution in [2.24, 2.45) is 0 Å². The van der Waals surface area contributed by atoms with Crippen LogP contribution in [0.4, 0.5) is 10.5 Å². The number of nitrogens with zero attached hydrogens (tertiary/aromatic N) is 1. The predicted octanol–water partition coefficient (Wildman–Crippen LogP) is 4.70. The standard InChI is InChI=1S/C17H12BrNO3S/c1-22-14-8-6-13(7-9-14)19-16(20)15(23-17(19)21)10-11-2-4-12(18)5-3-11/h2-10H,1H3/b15-10-. The third-order valence-electron chi connectivity index (χ3n) is 3.29. The van der Waals surface area contributed by atoms with Gasteiger partial charge in [-0.15, -0.1) is 0 Å². The molecule has 1 saturated heterocycles. The zero-order chi connectivity index (χ0) is 16.4. The fraction of sp³-hybridized carbons (Fsp3) is 0.0588. The predicted molar refractivity (Wildman–Crippen MR) is 95.6 cm³/mol. The molecule has 1 aliphatic heterocycles. The normalized spacial score (nSPS) is 16.3. The number of ether oxygens (including phenoxy) is 1. The summed E-state index contributed by atoms with van der Waals surface area (Å²) in [6.07, 6.45) is 1.72. The van der Waals surface area contributed by atoms with Crippen LogP contribution in [0, 0.1) is 0 Å². The van der Waals surface area contributed by atoms with Gasteiger partial charge in [0.1, 0.15) is 5.75 Å². The van der Waals surface area contributed by atoms with Crippen molar-refractivity contribution in [2.45, 2.75) is 0 Å². The molecule has 0 N–H and O–H groups in total. The lowest BCUT2D eigenvalue weighted by atomic mass is 10.2. The highest BCUT2D eigenvalue weighted by Crippen LogP contribution is 2.36. The average Bonchev–Trinajstić information content (AvgIpc) is 2.84. The first-order valence-electron chi connectivity index (χ1n) is 6.76. The first-order valence-corrected chi connectivity index (χ1v) is 8.37. The van der Waals surface area contributed by atoms with Crippen molar-refractivity contribution in [3.8, 4) is 5.75 Å². The van der Waals surface area contributed by atoms with Crippen LogP contribution in [0.3, 0.4) is 0 Å². The largest absolute Gasteiger partial charge is 0.497 e. The van der Waals surface area contributed by atoms with E-state index in [9.17, 15) is 9.59 Å². The summed E-state index contributed by atoms with van der Waals surface area (Å²) in [5, 5.41) is -0.302. The van der Waals surface area contributed by atoms with E-state index in [-0.39, 0.29) is 11.1 Å². The van der Waals surface area contributed by atoms with Crippen LogP contribution in [-0.2, 0) is 4.79 Å². The fourth-order valence-electron chi connectivity index (χ4n) is 2.13. The third kappa shape index (κ3) is 3.33. The highest BCUT2D eigenvalue weighted by atomic mass is 79.9. The molecule has 0 aromatic heterocycles. The maximum Gasteiger partial charge on any atom is 0.298 e. The van der Waals surface area contributed by atoms with Gasteiger partial charge < -0.3 is 4.74 Å². The molecule has 2 aromatic carbocycles. The van der Waals surface area contributed by atoms with Crippen LogP contribution < -0.4 is 9.64 Å². The smallest absolute Gasteiger partial charge is 0.298 e. The van der Waals surface area contributed by atoms with E-state index in [2.05, 4.69) is 15.9 Å². The van der Waals surface area contributed by atoms with Gasteiger partial charge in [0.25, 0.3) is 11.1 Å². The number of rotatable bonds is 3. The van der Waals surface area contributed by atoms with Crippen LogP contribution in [0.25, 0.3) is 6.08 Å². The van der Waals surface area contributed by atoms with Crippen LogP contribution >= 0.6 is 27.7 Å². The van der Waals surface area contributed by atoms with Crippen molar-refractivity contribution in [2.75, 3.05) is 12.0 Å². The van der Waals surface area contributed by atoms with Gasteiger partial charge in [0.15, 0.2) is 0 Å². The molecular weight excluding hydrogens is 378 g/mol. The van der Waals surface area contributed by atoms with Gasteiger partial charge in [0, 0.05) is 4.47 Å². The van der Waals surface area contributed by atoms with Gasteiger partial charge in [-0.1, -0.05) is 28.1 Å². The maximum absolute atomic E-state index is 12.5. The van der Waals surface area contributed by atoms with Crippen molar-refractivity contribution in [1.29, 1.82) is 0 Å². The number of anilines is 1. The summed E-state index contributed by atoms with van der Waals surface area (Å²) in [5.41, 5.74) is 1.40. The Morgan fingerprint density at radius 2 is 1.70 bits per heavy atom. The molecule has 1 aliphatic rings. The molecular formula is C17H12BrNO3S. The number of methoxy groups -OCH3 is 1. The van der Waals surface area contributed by atoms with Gasteiger partial charge in [-0.05, 0) is 59.8 Å². The molecule has 116 valence electrons. The molecule has 23 heavy (non-hydrogen) atoms. The van der Waals surface area contributed by atoms with Crippen molar-refractivity contribution in [1.82, 2.24) is 0 Å². The van der Waals surface area contributed by atoms with Crippen molar-refractivity contribution in [3.05, 3.63) is 63.5 Å². The number of thioether (sulfide) groups is 1. The topological polar surface area (TPSA) is 46.6 Å². The van der Waals surface area contributed by atoms with Crippen LogP contribution in [-0.4, -0.2) is 18.3 Å². The van der Waals surface area contributed by atoms with E-state index in [1.807, 2.05) is 24.3 Å². The zero-order valence-electron chi connectivity index (χ0n) is 12.2. The third-order valence-corrected chi connectivity index (χ3v) is 4.69. The molecule has 0 bridgehead atoms. The molecule has 1 fully saturated rings. The Bertz CT molecular complexity index is 784. The average molecular weight is 390 g/mol. The van der Waals surface area contributed by atoms with E-state index in [0.717, 1.165) is 21.8 Å². The second-order valence-electron chi connectivity index (χ2n) is 4.77. The number of imide groups is 1. The van der Waals surface area contributed by atoms with Crippen LogP contribution in [0.5, 0.6) is 5.75 Å². The van der Waals surface area contributed by atoms with E-state index >= 15 is 0 Å². The Labute approximate surface area is 146 Å². The van der Waals surface area contributed by atoms with Gasteiger partial charge in [-0.25, -0.2) is 4.90 Å². The number of hydrogen-bond donors (Lipinski definition) is 0.